The van der Waals surface area contributed by atoms with Crippen LogP contribution in [0, 0.1) is 0 Å². The lowest BCUT2D eigenvalue weighted by atomic mass is 9.94. The Morgan fingerprint density at radius 1 is 1.24 bits per heavy atom. The lowest BCUT2D eigenvalue weighted by Gasteiger charge is -2.17. The van der Waals surface area contributed by atoms with E-state index in [-0.39, 0.29) is 0 Å². The molecule has 3 heteroatoms. The highest BCUT2D eigenvalue weighted by molar-refractivity contribution is 6.30. The summed E-state index contributed by atoms with van der Waals surface area (Å²) in [6.07, 6.45) is 1.80. The maximum Gasteiger partial charge on any atom is 0.126 e. The lowest BCUT2D eigenvalue weighted by molar-refractivity contribution is 0.176. The van der Waals surface area contributed by atoms with E-state index in [0.29, 0.717) is 18.1 Å². The number of aliphatic hydroxyl groups excluding tert-OH is 1. The van der Waals surface area contributed by atoms with Crippen molar-refractivity contribution in [2.24, 2.45) is 0 Å². The third kappa shape index (κ3) is 2.92. The molecule has 110 valence electrons. The third-order valence-electron chi connectivity index (χ3n) is 4.03. The smallest absolute Gasteiger partial charge is 0.126 e. The fourth-order valence-corrected chi connectivity index (χ4v) is 3.26. The van der Waals surface area contributed by atoms with Gasteiger partial charge in [0.05, 0.1) is 12.7 Å². The first-order valence-electron chi connectivity index (χ1n) is 7.39. The molecule has 21 heavy (non-hydrogen) atoms. The second-order valence-electron chi connectivity index (χ2n) is 5.42. The van der Waals surface area contributed by atoms with Crippen molar-refractivity contribution in [3.8, 4) is 5.75 Å². The summed E-state index contributed by atoms with van der Waals surface area (Å²) in [5.74, 6) is 0.910. The van der Waals surface area contributed by atoms with Gasteiger partial charge in [-0.05, 0) is 40.8 Å². The van der Waals surface area contributed by atoms with Crippen LogP contribution in [0.3, 0.4) is 0 Å². The molecule has 2 aromatic carbocycles. The molecule has 0 fully saturated rings. The second kappa shape index (κ2) is 6.08. The Labute approximate surface area is 130 Å². The summed E-state index contributed by atoms with van der Waals surface area (Å²) in [6.45, 7) is 2.80. The van der Waals surface area contributed by atoms with E-state index in [2.05, 4.69) is 13.0 Å². The molecule has 3 rings (SSSR count). The summed E-state index contributed by atoms with van der Waals surface area (Å²) in [4.78, 5) is 0. The Morgan fingerprint density at radius 3 is 2.86 bits per heavy atom. The largest absolute Gasteiger partial charge is 0.493 e. The van der Waals surface area contributed by atoms with Gasteiger partial charge in [0.25, 0.3) is 0 Å². The molecule has 2 aromatic rings. The molecule has 1 aliphatic rings. The number of hydrogen-bond donors (Lipinski definition) is 1. The fourth-order valence-electron chi connectivity index (χ4n) is 3.00. The average Bonchev–Trinajstić information content (AvgIpc) is 2.95. The van der Waals surface area contributed by atoms with Crippen LogP contribution in [0.25, 0.3) is 0 Å². The monoisotopic (exact) mass is 302 g/mol. The minimum atomic E-state index is -0.534. The maximum atomic E-state index is 10.6. The van der Waals surface area contributed by atoms with Crippen LogP contribution in [-0.4, -0.2) is 11.7 Å². The molecule has 0 aromatic heterocycles. The third-order valence-corrected chi connectivity index (χ3v) is 4.25. The molecule has 1 N–H and O–H groups in total. The molecule has 1 heterocycles. The van der Waals surface area contributed by atoms with Gasteiger partial charge in [-0.2, -0.15) is 0 Å². The zero-order valence-electron chi connectivity index (χ0n) is 12.1. The van der Waals surface area contributed by atoms with Crippen molar-refractivity contribution in [2.45, 2.75) is 32.3 Å². The molecular formula is C18H19ClO2. The van der Waals surface area contributed by atoms with Gasteiger partial charge < -0.3 is 9.84 Å². The molecule has 0 saturated carbocycles. The van der Waals surface area contributed by atoms with Crippen LogP contribution in [-0.2, 0) is 19.3 Å². The number of rotatable bonds is 4. The Balaban J connectivity index is 1.90. The first kappa shape index (κ1) is 14.4. The minimum absolute atomic E-state index is 0.528. The van der Waals surface area contributed by atoms with Crippen LogP contribution in [0.5, 0.6) is 5.75 Å². The molecule has 0 spiro atoms. The van der Waals surface area contributed by atoms with E-state index >= 15 is 0 Å². The summed E-state index contributed by atoms with van der Waals surface area (Å²) in [7, 11) is 0. The van der Waals surface area contributed by atoms with Crippen LogP contribution in [0.4, 0.5) is 0 Å². The quantitative estimate of drug-likeness (QED) is 0.921. The summed E-state index contributed by atoms with van der Waals surface area (Å²) < 4.78 is 5.71. The summed E-state index contributed by atoms with van der Waals surface area (Å²) in [5.41, 5.74) is 4.32. The van der Waals surface area contributed by atoms with Crippen molar-refractivity contribution in [3.05, 3.63) is 63.7 Å². The van der Waals surface area contributed by atoms with Gasteiger partial charge in [0, 0.05) is 17.9 Å². The SMILES string of the molecule is CCc1ccccc1C(O)Cc1cc(Cl)cc2c1OCC2. The van der Waals surface area contributed by atoms with Gasteiger partial charge in [0.1, 0.15) is 5.75 Å². The van der Waals surface area contributed by atoms with Crippen LogP contribution in [0.2, 0.25) is 5.02 Å². The highest BCUT2D eigenvalue weighted by Crippen LogP contribution is 2.35. The van der Waals surface area contributed by atoms with E-state index in [1.165, 1.54) is 5.56 Å². The van der Waals surface area contributed by atoms with Crippen molar-refractivity contribution < 1.29 is 9.84 Å². The number of fused-ring (bicyclic) bond motifs is 1. The molecule has 0 radical (unpaired) electrons. The Morgan fingerprint density at radius 2 is 2.05 bits per heavy atom. The van der Waals surface area contributed by atoms with Crippen molar-refractivity contribution in [1.29, 1.82) is 0 Å². The maximum absolute atomic E-state index is 10.6. The topological polar surface area (TPSA) is 29.5 Å². The second-order valence-corrected chi connectivity index (χ2v) is 5.86. The molecule has 1 unspecified atom stereocenters. The van der Waals surface area contributed by atoms with Gasteiger partial charge >= 0.3 is 0 Å². The van der Waals surface area contributed by atoms with Crippen LogP contribution >= 0.6 is 11.6 Å². The summed E-state index contributed by atoms with van der Waals surface area (Å²) in [6, 6.07) is 11.9. The molecule has 0 bridgehead atoms. The molecule has 0 saturated heterocycles. The van der Waals surface area contributed by atoms with Gasteiger partial charge in [0.2, 0.25) is 0 Å². The molecule has 2 nitrogen and oxygen atoms in total. The predicted octanol–water partition coefficient (Wildman–Crippen LogP) is 4.11. The molecule has 1 aliphatic heterocycles. The number of hydrogen-bond acceptors (Lipinski definition) is 2. The van der Waals surface area contributed by atoms with Gasteiger partial charge in [-0.25, -0.2) is 0 Å². The molecule has 1 atom stereocenters. The van der Waals surface area contributed by atoms with Crippen molar-refractivity contribution >= 4 is 11.6 Å². The first-order valence-corrected chi connectivity index (χ1v) is 7.76. The van der Waals surface area contributed by atoms with E-state index in [1.54, 1.807) is 0 Å². The van der Waals surface area contributed by atoms with Crippen molar-refractivity contribution in [3.63, 3.8) is 0 Å². The van der Waals surface area contributed by atoms with Gasteiger partial charge in [0.15, 0.2) is 0 Å². The highest BCUT2D eigenvalue weighted by atomic mass is 35.5. The Bertz CT molecular complexity index is 652. The number of benzene rings is 2. The normalized spacial score (nSPS) is 14.6. The van der Waals surface area contributed by atoms with E-state index in [1.807, 2.05) is 30.3 Å². The number of ether oxygens (including phenoxy) is 1. The highest BCUT2D eigenvalue weighted by Gasteiger charge is 2.21. The van der Waals surface area contributed by atoms with Gasteiger partial charge in [-0.3, -0.25) is 0 Å². The van der Waals surface area contributed by atoms with Crippen molar-refractivity contribution in [1.82, 2.24) is 0 Å². The fraction of sp³-hybridized carbons (Fsp3) is 0.333. The van der Waals surface area contributed by atoms with Crippen LogP contribution < -0.4 is 4.74 Å². The minimum Gasteiger partial charge on any atom is -0.493 e. The van der Waals surface area contributed by atoms with Gasteiger partial charge in [-0.15, -0.1) is 0 Å². The number of aliphatic hydroxyl groups is 1. The Hall–Kier alpha value is -1.51. The van der Waals surface area contributed by atoms with E-state index in [4.69, 9.17) is 16.3 Å². The van der Waals surface area contributed by atoms with Crippen LogP contribution in [0.1, 0.15) is 35.3 Å². The van der Waals surface area contributed by atoms with Gasteiger partial charge in [-0.1, -0.05) is 42.8 Å². The average molecular weight is 303 g/mol. The summed E-state index contributed by atoms with van der Waals surface area (Å²) in [5, 5.41) is 11.3. The molecular weight excluding hydrogens is 284 g/mol. The zero-order valence-corrected chi connectivity index (χ0v) is 12.9. The predicted molar refractivity (Wildman–Crippen MR) is 85.1 cm³/mol. The zero-order chi connectivity index (χ0) is 14.8. The lowest BCUT2D eigenvalue weighted by Crippen LogP contribution is -2.06. The number of halogens is 1. The first-order chi connectivity index (χ1) is 10.2. The number of aryl methyl sites for hydroxylation is 1. The van der Waals surface area contributed by atoms with E-state index in [9.17, 15) is 5.11 Å². The molecule has 0 aliphatic carbocycles. The van der Waals surface area contributed by atoms with E-state index in [0.717, 1.165) is 35.3 Å². The van der Waals surface area contributed by atoms with Crippen LogP contribution in [0.15, 0.2) is 36.4 Å². The summed E-state index contributed by atoms with van der Waals surface area (Å²) >= 11 is 6.18. The Kier molecular flexibility index (Phi) is 4.18. The van der Waals surface area contributed by atoms with E-state index < -0.39 is 6.10 Å². The van der Waals surface area contributed by atoms with Crippen molar-refractivity contribution in [2.75, 3.05) is 6.61 Å². The molecule has 0 amide bonds. The standard InChI is InChI=1S/C18H19ClO2/c1-2-12-5-3-4-6-16(12)17(20)11-14-10-15(19)9-13-7-8-21-18(13)14/h3-6,9-10,17,20H,2,7-8,11H2,1H3.